The number of esters is 1. The van der Waals surface area contributed by atoms with Crippen molar-refractivity contribution in [2.24, 2.45) is 0 Å². The molecular formula is C17H20N4O5. The maximum absolute atomic E-state index is 12.6. The van der Waals surface area contributed by atoms with Gasteiger partial charge < -0.3 is 30.3 Å². The number of amides is 3. The van der Waals surface area contributed by atoms with Crippen LogP contribution in [0.1, 0.15) is 5.56 Å². The Kier molecular flexibility index (Phi) is 4.81. The number of ether oxygens (including phenoxy) is 1. The quantitative estimate of drug-likeness (QED) is 0.653. The summed E-state index contributed by atoms with van der Waals surface area (Å²) in [5.74, 6) is -0.984. The number of methoxy groups -OCH3 is 1. The van der Waals surface area contributed by atoms with Crippen LogP contribution in [-0.2, 0) is 20.9 Å². The van der Waals surface area contributed by atoms with Crippen LogP contribution < -0.4 is 10.6 Å². The second-order valence-electron chi connectivity index (χ2n) is 6.04. The molecule has 26 heavy (non-hydrogen) atoms. The zero-order valence-corrected chi connectivity index (χ0v) is 14.5. The van der Waals surface area contributed by atoms with E-state index in [2.05, 4.69) is 10.6 Å². The Hall–Kier alpha value is -3.07. The van der Waals surface area contributed by atoms with E-state index in [9.17, 15) is 14.4 Å². The molecule has 138 valence electrons. The lowest BCUT2D eigenvalue weighted by atomic mass is 10.1. The molecule has 2 aliphatic heterocycles. The lowest BCUT2D eigenvalue weighted by Crippen LogP contribution is -2.36. The molecule has 0 saturated heterocycles. The summed E-state index contributed by atoms with van der Waals surface area (Å²) in [6.45, 7) is 0.348. The summed E-state index contributed by atoms with van der Waals surface area (Å²) in [4.78, 5) is 39.4. The monoisotopic (exact) mass is 360 g/mol. The molecule has 0 radical (unpaired) electrons. The summed E-state index contributed by atoms with van der Waals surface area (Å²) in [5, 5.41) is 14.9. The van der Waals surface area contributed by atoms with Crippen molar-refractivity contribution in [3.63, 3.8) is 0 Å². The smallest absolute Gasteiger partial charge is 0.337 e. The van der Waals surface area contributed by atoms with Crippen LogP contribution in [0.15, 0.2) is 29.5 Å². The normalized spacial score (nSPS) is 16.6. The second kappa shape index (κ2) is 7.04. The van der Waals surface area contributed by atoms with Gasteiger partial charge in [0.15, 0.2) is 0 Å². The van der Waals surface area contributed by atoms with E-state index in [4.69, 9.17) is 9.84 Å². The molecule has 2 heterocycles. The highest BCUT2D eigenvalue weighted by Gasteiger charge is 2.35. The number of β-amino-alcohol motifs (C(OH)–C–C–N with tert-alkyl or cyclic N) is 1. The molecule has 3 amide bonds. The Balaban J connectivity index is 1.96. The van der Waals surface area contributed by atoms with Gasteiger partial charge in [0.2, 0.25) is 0 Å². The summed E-state index contributed by atoms with van der Waals surface area (Å²) >= 11 is 0. The number of rotatable bonds is 5. The van der Waals surface area contributed by atoms with Gasteiger partial charge >= 0.3 is 12.0 Å². The molecule has 0 atom stereocenters. The van der Waals surface area contributed by atoms with E-state index in [1.165, 1.54) is 16.9 Å². The molecule has 9 heteroatoms. The van der Waals surface area contributed by atoms with Gasteiger partial charge in [0.05, 0.1) is 32.4 Å². The highest BCUT2D eigenvalue weighted by Crippen LogP contribution is 2.32. The number of hydrogen-bond donors (Lipinski definition) is 3. The van der Waals surface area contributed by atoms with Crippen LogP contribution in [-0.4, -0.2) is 66.7 Å². The van der Waals surface area contributed by atoms with Crippen molar-refractivity contribution in [2.75, 3.05) is 44.5 Å². The predicted octanol–water partition coefficient (Wildman–Crippen LogP) is 0.337. The fraction of sp³-hybridized carbons (Fsp3) is 0.353. The Labute approximate surface area is 150 Å². The topological polar surface area (TPSA) is 111 Å². The van der Waals surface area contributed by atoms with Crippen molar-refractivity contribution >= 4 is 29.3 Å². The van der Waals surface area contributed by atoms with Gasteiger partial charge in [0.1, 0.15) is 5.70 Å². The lowest BCUT2D eigenvalue weighted by Gasteiger charge is -2.28. The average molecular weight is 360 g/mol. The van der Waals surface area contributed by atoms with Gasteiger partial charge in [-0.3, -0.25) is 4.79 Å². The van der Waals surface area contributed by atoms with Crippen molar-refractivity contribution in [1.82, 2.24) is 9.80 Å². The summed E-state index contributed by atoms with van der Waals surface area (Å²) in [6.07, 6.45) is 0. The number of carbonyl (C=O) groups is 3. The number of nitrogens with zero attached hydrogens (tertiary/aromatic N) is 2. The number of anilines is 2. The minimum absolute atomic E-state index is 0.0695. The number of hydrogen-bond acceptors (Lipinski definition) is 6. The number of urea groups is 1. The first kappa shape index (κ1) is 17.7. The van der Waals surface area contributed by atoms with Gasteiger partial charge in [0, 0.05) is 30.5 Å². The zero-order chi connectivity index (χ0) is 18.8. The maximum Gasteiger partial charge on any atom is 0.337 e. The lowest BCUT2D eigenvalue weighted by molar-refractivity contribution is -0.136. The van der Waals surface area contributed by atoms with Gasteiger partial charge in [-0.2, -0.15) is 0 Å². The fourth-order valence-corrected chi connectivity index (χ4v) is 2.99. The SMILES string of the molecule is COC(=O)C1=C(Nc2cccc3c2CN(C)C(=O)N3)C(=O)N(CCO)C1. The van der Waals surface area contributed by atoms with Crippen LogP contribution in [0.25, 0.3) is 0 Å². The predicted molar refractivity (Wildman–Crippen MR) is 93.3 cm³/mol. The largest absolute Gasteiger partial charge is 0.466 e. The van der Waals surface area contributed by atoms with Gasteiger partial charge in [-0.1, -0.05) is 6.07 Å². The van der Waals surface area contributed by atoms with Crippen molar-refractivity contribution in [1.29, 1.82) is 0 Å². The van der Waals surface area contributed by atoms with Crippen LogP contribution in [0.5, 0.6) is 0 Å². The van der Waals surface area contributed by atoms with E-state index < -0.39 is 5.97 Å². The Morgan fingerprint density at radius 3 is 2.81 bits per heavy atom. The Morgan fingerprint density at radius 1 is 1.35 bits per heavy atom. The third kappa shape index (κ3) is 3.08. The Morgan fingerprint density at radius 2 is 2.12 bits per heavy atom. The summed E-state index contributed by atoms with van der Waals surface area (Å²) in [7, 11) is 2.92. The maximum atomic E-state index is 12.6. The van der Waals surface area contributed by atoms with E-state index >= 15 is 0 Å². The van der Waals surface area contributed by atoms with Gasteiger partial charge in [-0.15, -0.1) is 0 Å². The molecule has 3 rings (SSSR count). The molecule has 3 N–H and O–H groups in total. The van der Waals surface area contributed by atoms with Crippen LogP contribution >= 0.6 is 0 Å². The molecular weight excluding hydrogens is 340 g/mol. The van der Waals surface area contributed by atoms with Crippen LogP contribution in [0.4, 0.5) is 16.2 Å². The first-order valence-electron chi connectivity index (χ1n) is 8.09. The van der Waals surface area contributed by atoms with Gasteiger partial charge in [-0.05, 0) is 12.1 Å². The van der Waals surface area contributed by atoms with Crippen molar-refractivity contribution in [3.8, 4) is 0 Å². The number of nitrogens with one attached hydrogen (secondary N) is 2. The first-order chi connectivity index (χ1) is 12.5. The first-order valence-corrected chi connectivity index (χ1v) is 8.09. The second-order valence-corrected chi connectivity index (χ2v) is 6.04. The Bertz CT molecular complexity index is 804. The van der Waals surface area contributed by atoms with Crippen molar-refractivity contribution in [3.05, 3.63) is 35.0 Å². The third-order valence-corrected chi connectivity index (χ3v) is 4.37. The van der Waals surface area contributed by atoms with Crippen molar-refractivity contribution in [2.45, 2.75) is 6.54 Å². The zero-order valence-electron chi connectivity index (χ0n) is 14.5. The molecule has 0 unspecified atom stereocenters. The molecule has 0 fully saturated rings. The molecule has 0 spiro atoms. The number of aliphatic hydroxyl groups excluding tert-OH is 1. The minimum atomic E-state index is -0.600. The minimum Gasteiger partial charge on any atom is -0.466 e. The molecule has 2 aliphatic rings. The fourth-order valence-electron chi connectivity index (χ4n) is 2.99. The molecule has 0 saturated carbocycles. The molecule has 1 aromatic rings. The van der Waals surface area contributed by atoms with Crippen LogP contribution in [0.3, 0.4) is 0 Å². The average Bonchev–Trinajstić information content (AvgIpc) is 2.93. The van der Waals surface area contributed by atoms with E-state index in [0.717, 1.165) is 5.56 Å². The highest BCUT2D eigenvalue weighted by atomic mass is 16.5. The van der Waals surface area contributed by atoms with Gasteiger partial charge in [-0.25, -0.2) is 9.59 Å². The summed E-state index contributed by atoms with van der Waals surface area (Å²) in [6, 6.07) is 5.08. The van der Waals surface area contributed by atoms with Gasteiger partial charge in [0.25, 0.3) is 5.91 Å². The number of fused-ring (bicyclic) bond motifs is 1. The van der Waals surface area contributed by atoms with Crippen LogP contribution in [0, 0.1) is 0 Å². The highest BCUT2D eigenvalue weighted by molar-refractivity contribution is 6.09. The van der Waals surface area contributed by atoms with E-state index in [0.29, 0.717) is 17.9 Å². The summed E-state index contributed by atoms with van der Waals surface area (Å²) < 4.78 is 4.78. The van der Waals surface area contributed by atoms with Crippen LogP contribution in [0.2, 0.25) is 0 Å². The van der Waals surface area contributed by atoms with E-state index in [-0.39, 0.29) is 42.9 Å². The molecule has 1 aromatic carbocycles. The third-order valence-electron chi connectivity index (χ3n) is 4.37. The summed E-state index contributed by atoms with van der Waals surface area (Å²) in [5.41, 5.74) is 2.40. The number of aliphatic hydroxyl groups is 1. The molecule has 9 nitrogen and oxygen atoms in total. The van der Waals surface area contributed by atoms with E-state index in [1.807, 2.05) is 0 Å². The number of carbonyl (C=O) groups excluding carboxylic acids is 3. The standard InChI is InChI=1S/C17H20N4O5/c1-20-8-10-12(4-3-5-13(10)19-17(20)25)18-14-11(16(24)26-2)9-21(6-7-22)15(14)23/h3-5,18,22H,6-9H2,1-2H3,(H,19,25). The van der Waals surface area contributed by atoms with E-state index in [1.54, 1.807) is 25.2 Å². The molecule has 0 aromatic heterocycles. The molecule has 0 aliphatic carbocycles. The molecule has 0 bridgehead atoms. The van der Waals surface area contributed by atoms with Crippen molar-refractivity contribution < 1.29 is 24.2 Å². The number of benzene rings is 1.